The van der Waals surface area contributed by atoms with E-state index in [-0.39, 0.29) is 15.6 Å². The number of hydrogen-bond acceptors (Lipinski definition) is 3. The fraction of sp³-hybridized carbons (Fsp3) is 0.0476. The van der Waals surface area contributed by atoms with Gasteiger partial charge in [-0.1, -0.05) is 71.2 Å². The summed E-state index contributed by atoms with van der Waals surface area (Å²) >= 11 is 16.6. The quantitative estimate of drug-likeness (QED) is 0.431. The molecule has 0 saturated carbocycles. The van der Waals surface area contributed by atoms with Crippen LogP contribution in [0.25, 0.3) is 11.1 Å². The average Bonchev–Trinajstić information content (AvgIpc) is 2.64. The van der Waals surface area contributed by atoms with Crippen LogP contribution in [0.3, 0.4) is 0 Å². The van der Waals surface area contributed by atoms with Crippen LogP contribution in [0.5, 0.6) is 0 Å². The third-order valence-corrected chi connectivity index (χ3v) is 5.18. The first kappa shape index (κ1) is 20.3. The van der Waals surface area contributed by atoms with Gasteiger partial charge in [-0.3, -0.25) is 10.1 Å². The van der Waals surface area contributed by atoms with Gasteiger partial charge in [0.2, 0.25) is 0 Å². The van der Waals surface area contributed by atoms with Gasteiger partial charge in [-0.05, 0) is 36.2 Å². The van der Waals surface area contributed by atoms with Crippen LogP contribution in [0, 0.1) is 6.92 Å². The first-order chi connectivity index (χ1) is 13.4. The maximum atomic E-state index is 12.3. The Kier molecular flexibility index (Phi) is 6.29. The molecule has 0 spiro atoms. The Balaban J connectivity index is 1.78. The number of carbonyl (C=O) groups is 2. The molecule has 28 heavy (non-hydrogen) atoms. The number of hydrogen-bond donors (Lipinski definition) is 3. The summed E-state index contributed by atoms with van der Waals surface area (Å²) in [6.07, 6.45) is 0. The van der Waals surface area contributed by atoms with Crippen molar-refractivity contribution in [1.29, 1.82) is 0 Å². The first-order valence-corrected chi connectivity index (χ1v) is 9.52. The average molecular weight is 431 g/mol. The summed E-state index contributed by atoms with van der Waals surface area (Å²) in [5, 5.41) is 5.19. The topological polar surface area (TPSA) is 58.2 Å². The molecule has 3 aromatic rings. The van der Waals surface area contributed by atoms with Crippen LogP contribution in [0.4, 0.5) is 10.5 Å². The Labute approximate surface area is 178 Å². The molecule has 0 atom stereocenters. The zero-order valence-electron chi connectivity index (χ0n) is 14.8. The van der Waals surface area contributed by atoms with Crippen LogP contribution in [-0.4, -0.2) is 11.9 Å². The lowest BCUT2D eigenvalue weighted by molar-refractivity contribution is 0.0967. The molecule has 3 aromatic carbocycles. The van der Waals surface area contributed by atoms with E-state index in [0.29, 0.717) is 10.6 Å². The van der Waals surface area contributed by atoms with Gasteiger partial charge in [0.25, 0.3) is 5.91 Å². The highest BCUT2D eigenvalue weighted by Crippen LogP contribution is 2.32. The van der Waals surface area contributed by atoms with E-state index in [2.05, 4.69) is 23.3 Å². The van der Waals surface area contributed by atoms with Gasteiger partial charge in [-0.15, -0.1) is 12.6 Å². The van der Waals surface area contributed by atoms with Crippen molar-refractivity contribution in [3.05, 3.63) is 81.8 Å². The lowest BCUT2D eigenvalue weighted by atomic mass is 10.0. The van der Waals surface area contributed by atoms with Crippen LogP contribution in [0.15, 0.2) is 65.6 Å². The fourth-order valence-corrected chi connectivity index (χ4v) is 3.55. The van der Waals surface area contributed by atoms with Crippen molar-refractivity contribution >= 4 is 53.5 Å². The zero-order chi connectivity index (χ0) is 20.3. The Bertz CT molecular complexity index is 1030. The van der Waals surface area contributed by atoms with Crippen molar-refractivity contribution in [2.45, 2.75) is 11.8 Å². The fourth-order valence-electron chi connectivity index (χ4n) is 2.64. The van der Waals surface area contributed by atoms with Crippen molar-refractivity contribution < 1.29 is 9.59 Å². The van der Waals surface area contributed by atoms with E-state index in [4.69, 9.17) is 23.2 Å². The molecule has 2 N–H and O–H groups in total. The van der Waals surface area contributed by atoms with Crippen molar-refractivity contribution in [3.63, 3.8) is 0 Å². The molecule has 142 valence electrons. The number of thiol groups is 1. The van der Waals surface area contributed by atoms with E-state index in [1.165, 1.54) is 12.1 Å². The predicted molar refractivity (Wildman–Crippen MR) is 117 cm³/mol. The Morgan fingerprint density at radius 1 is 0.893 bits per heavy atom. The third kappa shape index (κ3) is 4.50. The van der Waals surface area contributed by atoms with Gasteiger partial charge in [0, 0.05) is 4.90 Å². The standard InChI is InChI=1S/C21H16Cl2N2O2S/c1-12-8-10-13(11-9-12)14-4-2-7-17(19(14)28)24-21(27)25-20(26)18-15(22)5-3-6-16(18)23/h2-11,28H,1H3,(H2,24,25,26,27). The molecule has 0 aliphatic heterocycles. The summed E-state index contributed by atoms with van der Waals surface area (Å²) in [6, 6.07) is 17.3. The second kappa shape index (κ2) is 8.69. The Hall–Kier alpha value is -2.47. The Morgan fingerprint density at radius 3 is 2.14 bits per heavy atom. The number of benzene rings is 3. The number of amides is 3. The number of urea groups is 1. The molecular formula is C21H16Cl2N2O2S. The van der Waals surface area contributed by atoms with E-state index in [1.54, 1.807) is 18.2 Å². The van der Waals surface area contributed by atoms with E-state index >= 15 is 0 Å². The molecule has 0 fully saturated rings. The van der Waals surface area contributed by atoms with Gasteiger partial charge < -0.3 is 5.32 Å². The number of carbonyl (C=O) groups excluding carboxylic acids is 2. The molecule has 7 heteroatoms. The van der Waals surface area contributed by atoms with Gasteiger partial charge >= 0.3 is 6.03 Å². The molecule has 0 bridgehead atoms. The molecule has 0 saturated heterocycles. The van der Waals surface area contributed by atoms with Crippen molar-refractivity contribution in [2.75, 3.05) is 5.32 Å². The normalized spacial score (nSPS) is 10.4. The van der Waals surface area contributed by atoms with Crippen LogP contribution in [-0.2, 0) is 0 Å². The number of anilines is 1. The maximum Gasteiger partial charge on any atom is 0.326 e. The summed E-state index contributed by atoms with van der Waals surface area (Å²) in [7, 11) is 0. The summed E-state index contributed by atoms with van der Waals surface area (Å²) < 4.78 is 0. The minimum Gasteiger partial charge on any atom is -0.307 e. The minimum absolute atomic E-state index is 0.0421. The highest BCUT2D eigenvalue weighted by Gasteiger charge is 2.18. The van der Waals surface area contributed by atoms with Crippen LogP contribution in [0.1, 0.15) is 15.9 Å². The summed E-state index contributed by atoms with van der Waals surface area (Å²) in [5.41, 5.74) is 3.49. The lowest BCUT2D eigenvalue weighted by Gasteiger charge is -2.13. The molecule has 0 aliphatic rings. The summed E-state index contributed by atoms with van der Waals surface area (Å²) in [4.78, 5) is 25.2. The summed E-state index contributed by atoms with van der Waals surface area (Å²) in [6.45, 7) is 2.01. The molecule has 3 amide bonds. The van der Waals surface area contributed by atoms with Crippen LogP contribution >= 0.6 is 35.8 Å². The third-order valence-electron chi connectivity index (χ3n) is 4.06. The van der Waals surface area contributed by atoms with Crippen molar-refractivity contribution in [2.24, 2.45) is 0 Å². The van der Waals surface area contributed by atoms with Crippen molar-refractivity contribution in [1.82, 2.24) is 5.32 Å². The zero-order valence-corrected chi connectivity index (χ0v) is 17.2. The summed E-state index contributed by atoms with van der Waals surface area (Å²) in [5.74, 6) is -0.691. The molecule has 0 aromatic heterocycles. The second-order valence-corrected chi connectivity index (χ2v) is 7.33. The largest absolute Gasteiger partial charge is 0.326 e. The molecule has 0 radical (unpaired) electrons. The SMILES string of the molecule is Cc1ccc(-c2cccc(NC(=O)NC(=O)c3c(Cl)cccc3Cl)c2S)cc1. The lowest BCUT2D eigenvalue weighted by Crippen LogP contribution is -2.34. The van der Waals surface area contributed by atoms with E-state index < -0.39 is 11.9 Å². The number of rotatable bonds is 3. The van der Waals surface area contributed by atoms with E-state index in [0.717, 1.165) is 16.7 Å². The number of aryl methyl sites for hydroxylation is 1. The molecule has 0 aliphatic carbocycles. The van der Waals surface area contributed by atoms with Gasteiger partial charge in [-0.25, -0.2) is 4.79 Å². The molecular weight excluding hydrogens is 415 g/mol. The van der Waals surface area contributed by atoms with Crippen LogP contribution in [0.2, 0.25) is 10.0 Å². The van der Waals surface area contributed by atoms with Gasteiger partial charge in [0.05, 0.1) is 21.3 Å². The maximum absolute atomic E-state index is 12.3. The van der Waals surface area contributed by atoms with Gasteiger partial charge in [-0.2, -0.15) is 0 Å². The molecule has 4 nitrogen and oxygen atoms in total. The minimum atomic E-state index is -0.711. The van der Waals surface area contributed by atoms with E-state index in [1.807, 2.05) is 37.3 Å². The molecule has 3 rings (SSSR count). The predicted octanol–water partition coefficient (Wildman–Crippen LogP) is 6.22. The number of nitrogens with one attached hydrogen (secondary N) is 2. The van der Waals surface area contributed by atoms with Gasteiger partial charge in [0.15, 0.2) is 0 Å². The van der Waals surface area contributed by atoms with Crippen LogP contribution < -0.4 is 10.6 Å². The number of halogens is 2. The van der Waals surface area contributed by atoms with E-state index in [9.17, 15) is 9.59 Å². The Morgan fingerprint density at radius 2 is 1.50 bits per heavy atom. The monoisotopic (exact) mass is 430 g/mol. The highest BCUT2D eigenvalue weighted by molar-refractivity contribution is 7.80. The molecule has 0 unspecified atom stereocenters. The molecule has 0 heterocycles. The number of imide groups is 1. The smallest absolute Gasteiger partial charge is 0.307 e. The second-order valence-electron chi connectivity index (χ2n) is 6.07. The van der Waals surface area contributed by atoms with Gasteiger partial charge in [0.1, 0.15) is 0 Å². The highest BCUT2D eigenvalue weighted by atomic mass is 35.5. The van der Waals surface area contributed by atoms with Crippen molar-refractivity contribution in [3.8, 4) is 11.1 Å². The first-order valence-electron chi connectivity index (χ1n) is 8.32.